The Labute approximate surface area is 106 Å². The highest BCUT2D eigenvalue weighted by molar-refractivity contribution is 9.10. The van der Waals surface area contributed by atoms with Gasteiger partial charge in [-0.15, -0.1) is 0 Å². The molecule has 0 radical (unpaired) electrons. The SMILES string of the molecule is Nc1ccc(OS(=O)(=O)c2ccco2)cc1Br. The summed E-state index contributed by atoms with van der Waals surface area (Å²) in [5, 5.41) is -0.245. The molecule has 1 aromatic carbocycles. The van der Waals surface area contributed by atoms with E-state index >= 15 is 0 Å². The first-order chi connectivity index (χ1) is 7.99. The van der Waals surface area contributed by atoms with Crippen LogP contribution < -0.4 is 9.92 Å². The molecule has 7 heteroatoms. The Morgan fingerprint density at radius 2 is 2.06 bits per heavy atom. The molecule has 0 saturated carbocycles. The molecule has 2 rings (SSSR count). The van der Waals surface area contributed by atoms with Gasteiger partial charge >= 0.3 is 10.1 Å². The van der Waals surface area contributed by atoms with Gasteiger partial charge < -0.3 is 14.3 Å². The van der Waals surface area contributed by atoms with E-state index in [2.05, 4.69) is 15.9 Å². The zero-order chi connectivity index (χ0) is 12.5. The van der Waals surface area contributed by atoms with Gasteiger partial charge in [0.05, 0.1) is 6.26 Å². The van der Waals surface area contributed by atoms with Crippen molar-refractivity contribution in [1.29, 1.82) is 0 Å². The number of nitrogen functional groups attached to an aromatic ring is 1. The van der Waals surface area contributed by atoms with Gasteiger partial charge in [0.15, 0.2) is 0 Å². The summed E-state index contributed by atoms with van der Waals surface area (Å²) in [5.74, 6) is 0.155. The van der Waals surface area contributed by atoms with Crippen molar-refractivity contribution in [3.05, 3.63) is 41.1 Å². The number of furan rings is 1. The van der Waals surface area contributed by atoms with Gasteiger partial charge in [0, 0.05) is 10.2 Å². The molecule has 5 nitrogen and oxygen atoms in total. The third-order valence-electron chi connectivity index (χ3n) is 1.92. The standard InChI is InChI=1S/C10H8BrNO4S/c11-8-6-7(3-4-9(8)12)16-17(13,14)10-2-1-5-15-10/h1-6H,12H2. The second-order valence-electron chi connectivity index (χ2n) is 3.15. The van der Waals surface area contributed by atoms with Gasteiger partial charge in [-0.2, -0.15) is 8.42 Å². The van der Waals surface area contributed by atoms with Gasteiger partial charge in [0.2, 0.25) is 0 Å². The fourth-order valence-electron chi connectivity index (χ4n) is 1.13. The molecule has 0 unspecified atom stereocenters. The van der Waals surface area contributed by atoms with E-state index in [1.165, 1.54) is 36.6 Å². The molecule has 0 atom stereocenters. The lowest BCUT2D eigenvalue weighted by atomic mass is 10.3. The minimum Gasteiger partial charge on any atom is -0.450 e. The van der Waals surface area contributed by atoms with Crippen LogP contribution in [0.1, 0.15) is 0 Å². The highest BCUT2D eigenvalue weighted by atomic mass is 79.9. The van der Waals surface area contributed by atoms with Gasteiger partial charge in [-0.3, -0.25) is 0 Å². The Balaban J connectivity index is 2.30. The minimum atomic E-state index is -3.93. The van der Waals surface area contributed by atoms with E-state index in [0.717, 1.165) is 0 Å². The lowest BCUT2D eigenvalue weighted by molar-refractivity contribution is 0.410. The summed E-state index contributed by atoms with van der Waals surface area (Å²) in [6.07, 6.45) is 1.26. The summed E-state index contributed by atoms with van der Waals surface area (Å²) in [6.45, 7) is 0. The summed E-state index contributed by atoms with van der Waals surface area (Å²) < 4.78 is 33.6. The number of halogens is 1. The average molecular weight is 318 g/mol. The van der Waals surface area contributed by atoms with Crippen LogP contribution in [-0.2, 0) is 10.1 Å². The summed E-state index contributed by atoms with van der Waals surface area (Å²) in [6, 6.07) is 7.24. The van der Waals surface area contributed by atoms with Crippen molar-refractivity contribution >= 4 is 31.7 Å². The van der Waals surface area contributed by atoms with E-state index in [0.29, 0.717) is 10.2 Å². The van der Waals surface area contributed by atoms with Crippen LogP contribution in [0.4, 0.5) is 5.69 Å². The maximum Gasteiger partial charge on any atom is 0.373 e. The van der Waals surface area contributed by atoms with Gasteiger partial charge in [-0.25, -0.2) is 0 Å². The molecular formula is C10H8BrNO4S. The summed E-state index contributed by atoms with van der Waals surface area (Å²) in [4.78, 5) is 0. The predicted molar refractivity (Wildman–Crippen MR) is 65.1 cm³/mol. The normalized spacial score (nSPS) is 11.4. The van der Waals surface area contributed by atoms with E-state index in [1.54, 1.807) is 0 Å². The molecule has 2 aromatic rings. The van der Waals surface area contributed by atoms with Gasteiger partial charge in [-0.05, 0) is 46.3 Å². The van der Waals surface area contributed by atoms with Crippen molar-refractivity contribution in [1.82, 2.24) is 0 Å². The van der Waals surface area contributed by atoms with Crippen LogP contribution in [0.15, 0.2) is 50.6 Å². The van der Waals surface area contributed by atoms with Gasteiger partial charge in [0.25, 0.3) is 5.09 Å². The third-order valence-corrected chi connectivity index (χ3v) is 3.74. The second-order valence-corrected chi connectivity index (χ2v) is 5.48. The van der Waals surface area contributed by atoms with Crippen LogP contribution in [0.5, 0.6) is 5.75 Å². The van der Waals surface area contributed by atoms with Crippen molar-refractivity contribution in [3.8, 4) is 5.75 Å². The van der Waals surface area contributed by atoms with Gasteiger partial charge in [0.1, 0.15) is 5.75 Å². The Hall–Kier alpha value is -1.47. The Morgan fingerprint density at radius 3 is 2.65 bits per heavy atom. The summed E-state index contributed by atoms with van der Waals surface area (Å²) in [5.41, 5.74) is 6.07. The maximum atomic E-state index is 11.7. The van der Waals surface area contributed by atoms with E-state index in [4.69, 9.17) is 14.3 Å². The fraction of sp³-hybridized carbons (Fsp3) is 0. The molecule has 2 N–H and O–H groups in total. The van der Waals surface area contributed by atoms with E-state index in [-0.39, 0.29) is 10.8 Å². The van der Waals surface area contributed by atoms with Crippen molar-refractivity contribution in [3.63, 3.8) is 0 Å². The van der Waals surface area contributed by atoms with Crippen molar-refractivity contribution in [2.75, 3.05) is 5.73 Å². The molecule has 17 heavy (non-hydrogen) atoms. The molecule has 0 aliphatic rings. The summed E-state index contributed by atoms with van der Waals surface area (Å²) in [7, 11) is -3.93. The number of hydrogen-bond acceptors (Lipinski definition) is 5. The zero-order valence-electron chi connectivity index (χ0n) is 8.46. The molecule has 1 aromatic heterocycles. The zero-order valence-corrected chi connectivity index (χ0v) is 10.9. The number of hydrogen-bond donors (Lipinski definition) is 1. The lowest BCUT2D eigenvalue weighted by Crippen LogP contribution is -2.08. The predicted octanol–water partition coefficient (Wildman–Crippen LogP) is 2.39. The van der Waals surface area contributed by atoms with Crippen LogP contribution in [0.25, 0.3) is 0 Å². The minimum absolute atomic E-state index is 0.155. The van der Waals surface area contributed by atoms with E-state index in [9.17, 15) is 8.42 Å². The quantitative estimate of drug-likeness (QED) is 0.694. The first kappa shape index (κ1) is 12.0. The van der Waals surface area contributed by atoms with Crippen LogP contribution in [0.2, 0.25) is 0 Å². The Morgan fingerprint density at radius 1 is 1.29 bits per heavy atom. The number of nitrogens with two attached hydrogens (primary N) is 1. The highest BCUT2D eigenvalue weighted by Gasteiger charge is 2.19. The molecule has 90 valence electrons. The third kappa shape index (κ3) is 2.62. The first-order valence-corrected chi connectivity index (χ1v) is 6.72. The fourth-order valence-corrected chi connectivity index (χ4v) is 2.35. The van der Waals surface area contributed by atoms with E-state index < -0.39 is 10.1 Å². The first-order valence-electron chi connectivity index (χ1n) is 4.52. The van der Waals surface area contributed by atoms with Crippen molar-refractivity contribution in [2.24, 2.45) is 0 Å². The molecule has 1 heterocycles. The van der Waals surface area contributed by atoms with E-state index in [1.807, 2.05) is 0 Å². The van der Waals surface area contributed by atoms with Crippen LogP contribution in [0, 0.1) is 0 Å². The summed E-state index contributed by atoms with van der Waals surface area (Å²) >= 11 is 3.18. The Kier molecular flexibility index (Phi) is 3.12. The highest BCUT2D eigenvalue weighted by Crippen LogP contribution is 2.26. The molecule has 0 saturated heterocycles. The van der Waals surface area contributed by atoms with Crippen LogP contribution in [-0.4, -0.2) is 8.42 Å². The second kappa shape index (κ2) is 4.42. The molecule has 0 aliphatic heterocycles. The smallest absolute Gasteiger partial charge is 0.373 e. The monoisotopic (exact) mass is 317 g/mol. The lowest BCUT2D eigenvalue weighted by Gasteiger charge is -2.05. The number of rotatable bonds is 3. The van der Waals surface area contributed by atoms with Crippen molar-refractivity contribution in [2.45, 2.75) is 5.09 Å². The molecule has 0 amide bonds. The number of benzene rings is 1. The largest absolute Gasteiger partial charge is 0.450 e. The average Bonchev–Trinajstić information content (AvgIpc) is 2.77. The molecular weight excluding hydrogens is 310 g/mol. The van der Waals surface area contributed by atoms with Gasteiger partial charge in [-0.1, -0.05) is 0 Å². The molecule has 0 aliphatic carbocycles. The maximum absolute atomic E-state index is 11.7. The topological polar surface area (TPSA) is 82.5 Å². The molecule has 0 bridgehead atoms. The molecule has 0 spiro atoms. The van der Waals surface area contributed by atoms with Crippen LogP contribution in [0.3, 0.4) is 0 Å². The van der Waals surface area contributed by atoms with Crippen molar-refractivity contribution < 1.29 is 17.0 Å². The Bertz CT molecular complexity index is 622. The van der Waals surface area contributed by atoms with Crippen LogP contribution >= 0.6 is 15.9 Å². The molecule has 0 fully saturated rings. The number of anilines is 1.